The van der Waals surface area contributed by atoms with Crippen LogP contribution in [0.4, 0.5) is 15.9 Å². The molecule has 152 valence electrons. The average molecular weight is 410 g/mol. The average Bonchev–Trinajstić information content (AvgIpc) is 2.77. The zero-order valence-electron chi connectivity index (χ0n) is 16.8. The van der Waals surface area contributed by atoms with Gasteiger partial charge in [0.05, 0.1) is 12.5 Å². The maximum Gasteiger partial charge on any atom is 0.153 e. The third-order valence-corrected chi connectivity index (χ3v) is 4.58. The van der Waals surface area contributed by atoms with Crippen molar-refractivity contribution in [3.05, 3.63) is 96.1 Å². The molecule has 0 bridgehead atoms. The number of halogens is 1. The number of nitriles is 1. The van der Waals surface area contributed by atoms with Crippen molar-refractivity contribution in [2.24, 2.45) is 0 Å². The van der Waals surface area contributed by atoms with Gasteiger partial charge in [0.15, 0.2) is 5.75 Å². The summed E-state index contributed by atoms with van der Waals surface area (Å²) in [7, 11) is 0. The number of aromatic nitrogens is 2. The van der Waals surface area contributed by atoms with Crippen LogP contribution in [0.3, 0.4) is 0 Å². The van der Waals surface area contributed by atoms with E-state index in [9.17, 15) is 4.39 Å². The monoisotopic (exact) mass is 410 g/mol. The van der Waals surface area contributed by atoms with Gasteiger partial charge in [-0.25, -0.2) is 14.4 Å². The van der Waals surface area contributed by atoms with Crippen molar-refractivity contribution in [2.75, 3.05) is 5.32 Å². The van der Waals surface area contributed by atoms with Crippen molar-refractivity contribution in [1.82, 2.24) is 9.97 Å². The molecule has 0 aliphatic rings. The molecule has 0 fully saturated rings. The highest BCUT2D eigenvalue weighted by Crippen LogP contribution is 2.33. The van der Waals surface area contributed by atoms with Crippen LogP contribution >= 0.6 is 0 Å². The summed E-state index contributed by atoms with van der Waals surface area (Å²) < 4.78 is 19.4. The van der Waals surface area contributed by atoms with E-state index in [-0.39, 0.29) is 5.82 Å². The van der Waals surface area contributed by atoms with Crippen molar-refractivity contribution in [3.8, 4) is 28.8 Å². The summed E-state index contributed by atoms with van der Waals surface area (Å²) in [5, 5.41) is 12.0. The van der Waals surface area contributed by atoms with E-state index in [2.05, 4.69) is 21.4 Å². The number of hydrogen-bond donors (Lipinski definition) is 1. The van der Waals surface area contributed by atoms with Crippen LogP contribution < -0.4 is 10.1 Å². The standard InChI is InChI=1S/C25H19FN4O/c1-17-2-11-23(25(29-17)19-5-7-20(26)8-6-19)31-22-13-15-28-24(16-22)30-21-9-3-18(4-10-21)12-14-27/h2-11,13,15-16H,12H2,1H3,(H,28,30). The molecule has 2 aromatic carbocycles. The SMILES string of the molecule is Cc1ccc(Oc2ccnc(Nc3ccc(CC#N)cc3)c2)c(-c2ccc(F)cc2)n1. The first-order valence-corrected chi connectivity index (χ1v) is 9.71. The molecular formula is C25H19FN4O. The minimum atomic E-state index is -0.302. The molecule has 0 aliphatic heterocycles. The molecule has 1 N–H and O–H groups in total. The van der Waals surface area contributed by atoms with Gasteiger partial charge >= 0.3 is 0 Å². The van der Waals surface area contributed by atoms with Gasteiger partial charge in [0, 0.05) is 29.2 Å². The molecular weight excluding hydrogens is 391 g/mol. The maximum absolute atomic E-state index is 13.3. The Morgan fingerprint density at radius 3 is 2.52 bits per heavy atom. The lowest BCUT2D eigenvalue weighted by atomic mass is 10.1. The first-order valence-electron chi connectivity index (χ1n) is 9.71. The third-order valence-electron chi connectivity index (χ3n) is 4.58. The summed E-state index contributed by atoms with van der Waals surface area (Å²) in [5.41, 5.74) is 4.06. The Hall–Kier alpha value is -4.24. The largest absolute Gasteiger partial charge is 0.455 e. The Kier molecular flexibility index (Phi) is 5.86. The third kappa shape index (κ3) is 5.03. The number of nitrogens with zero attached hydrogens (tertiary/aromatic N) is 3. The highest BCUT2D eigenvalue weighted by atomic mass is 19.1. The van der Waals surface area contributed by atoms with Gasteiger partial charge in [0.2, 0.25) is 0 Å². The molecule has 0 atom stereocenters. The van der Waals surface area contributed by atoms with Gasteiger partial charge in [0.25, 0.3) is 0 Å². The number of benzene rings is 2. The highest BCUT2D eigenvalue weighted by molar-refractivity contribution is 5.67. The van der Waals surface area contributed by atoms with Gasteiger partial charge < -0.3 is 10.1 Å². The van der Waals surface area contributed by atoms with E-state index in [1.807, 2.05) is 43.3 Å². The minimum Gasteiger partial charge on any atom is -0.455 e. The molecule has 0 radical (unpaired) electrons. The Morgan fingerprint density at radius 2 is 1.77 bits per heavy atom. The number of pyridine rings is 2. The zero-order valence-corrected chi connectivity index (χ0v) is 16.8. The smallest absolute Gasteiger partial charge is 0.153 e. The molecule has 0 unspecified atom stereocenters. The molecule has 6 heteroatoms. The summed E-state index contributed by atoms with van der Waals surface area (Å²) in [6.07, 6.45) is 2.03. The number of hydrogen-bond acceptors (Lipinski definition) is 5. The predicted molar refractivity (Wildman–Crippen MR) is 118 cm³/mol. The first kappa shape index (κ1) is 20.0. The van der Waals surface area contributed by atoms with Crippen molar-refractivity contribution in [1.29, 1.82) is 5.26 Å². The van der Waals surface area contributed by atoms with Crippen molar-refractivity contribution >= 4 is 11.5 Å². The van der Waals surface area contributed by atoms with E-state index in [1.54, 1.807) is 30.5 Å². The fourth-order valence-electron chi connectivity index (χ4n) is 3.06. The van der Waals surface area contributed by atoms with Crippen LogP contribution in [0, 0.1) is 24.1 Å². The molecule has 5 nitrogen and oxygen atoms in total. The van der Waals surface area contributed by atoms with Gasteiger partial charge in [-0.3, -0.25) is 0 Å². The molecule has 0 amide bonds. The van der Waals surface area contributed by atoms with E-state index in [0.29, 0.717) is 29.4 Å². The van der Waals surface area contributed by atoms with Crippen molar-refractivity contribution in [2.45, 2.75) is 13.3 Å². The van der Waals surface area contributed by atoms with Crippen LogP contribution in [-0.2, 0) is 6.42 Å². The van der Waals surface area contributed by atoms with E-state index in [4.69, 9.17) is 10.00 Å². The number of ether oxygens (including phenoxy) is 1. The molecule has 2 aromatic heterocycles. The quantitative estimate of drug-likeness (QED) is 0.410. The normalized spacial score (nSPS) is 10.4. The molecule has 4 aromatic rings. The Morgan fingerprint density at radius 1 is 1.00 bits per heavy atom. The summed E-state index contributed by atoms with van der Waals surface area (Å²) in [5.74, 6) is 1.47. The van der Waals surface area contributed by atoms with Crippen LogP contribution in [0.2, 0.25) is 0 Å². The fourth-order valence-corrected chi connectivity index (χ4v) is 3.06. The number of anilines is 2. The molecule has 31 heavy (non-hydrogen) atoms. The van der Waals surface area contributed by atoms with Crippen LogP contribution in [0.5, 0.6) is 11.5 Å². The summed E-state index contributed by atoms with van der Waals surface area (Å²) in [6.45, 7) is 1.90. The molecule has 0 aliphatic carbocycles. The van der Waals surface area contributed by atoms with Crippen LogP contribution in [0.15, 0.2) is 79.0 Å². The van der Waals surface area contributed by atoms with Gasteiger partial charge in [0.1, 0.15) is 23.1 Å². The number of nitrogens with one attached hydrogen (secondary N) is 1. The lowest BCUT2D eigenvalue weighted by Gasteiger charge is -2.13. The van der Waals surface area contributed by atoms with Gasteiger partial charge in [-0.2, -0.15) is 5.26 Å². The van der Waals surface area contributed by atoms with E-state index in [1.165, 1.54) is 12.1 Å². The fraction of sp³-hybridized carbons (Fsp3) is 0.0800. The molecule has 2 heterocycles. The highest BCUT2D eigenvalue weighted by Gasteiger charge is 2.11. The Bertz CT molecular complexity index is 1230. The molecule has 0 saturated heterocycles. The Balaban J connectivity index is 1.57. The first-order chi connectivity index (χ1) is 15.1. The van der Waals surface area contributed by atoms with Crippen LogP contribution in [-0.4, -0.2) is 9.97 Å². The van der Waals surface area contributed by atoms with Crippen LogP contribution in [0.25, 0.3) is 11.3 Å². The topological polar surface area (TPSA) is 70.8 Å². The second-order valence-corrected chi connectivity index (χ2v) is 6.94. The van der Waals surface area contributed by atoms with E-state index < -0.39 is 0 Å². The number of aryl methyl sites for hydroxylation is 1. The van der Waals surface area contributed by atoms with Gasteiger partial charge in [-0.05, 0) is 67.1 Å². The summed E-state index contributed by atoms with van der Waals surface area (Å²) in [4.78, 5) is 8.92. The lowest BCUT2D eigenvalue weighted by molar-refractivity contribution is 0.481. The lowest BCUT2D eigenvalue weighted by Crippen LogP contribution is -1.96. The number of rotatable bonds is 6. The second kappa shape index (κ2) is 9.06. The molecule has 0 saturated carbocycles. The van der Waals surface area contributed by atoms with Gasteiger partial charge in [-0.1, -0.05) is 12.1 Å². The van der Waals surface area contributed by atoms with Crippen LogP contribution in [0.1, 0.15) is 11.3 Å². The van der Waals surface area contributed by atoms with E-state index in [0.717, 1.165) is 22.5 Å². The van der Waals surface area contributed by atoms with Crippen molar-refractivity contribution < 1.29 is 9.13 Å². The summed E-state index contributed by atoms with van der Waals surface area (Å²) in [6, 6.07) is 23.2. The predicted octanol–water partition coefficient (Wildman–Crippen LogP) is 6.19. The molecule has 0 spiro atoms. The zero-order chi connectivity index (χ0) is 21.6. The second-order valence-electron chi connectivity index (χ2n) is 6.94. The van der Waals surface area contributed by atoms with Gasteiger partial charge in [-0.15, -0.1) is 0 Å². The van der Waals surface area contributed by atoms with E-state index >= 15 is 0 Å². The Labute approximate surface area is 179 Å². The maximum atomic E-state index is 13.3. The molecule has 4 rings (SSSR count). The minimum absolute atomic E-state index is 0.302. The summed E-state index contributed by atoms with van der Waals surface area (Å²) >= 11 is 0. The van der Waals surface area contributed by atoms with Crippen molar-refractivity contribution in [3.63, 3.8) is 0 Å².